The number of alkyl halides is 3. The van der Waals surface area contributed by atoms with Crippen LogP contribution in [-0.4, -0.2) is 23.3 Å². The molecule has 1 unspecified atom stereocenters. The normalized spacial score (nSPS) is 13.1. The number of rotatable bonds is 4. The second kappa shape index (κ2) is 5.16. The summed E-state index contributed by atoms with van der Waals surface area (Å²) >= 11 is 0. The lowest BCUT2D eigenvalue weighted by atomic mass is 10.1. The van der Waals surface area contributed by atoms with Crippen LogP contribution in [0.2, 0.25) is 0 Å². The number of aromatic carboxylic acids is 1. The summed E-state index contributed by atoms with van der Waals surface area (Å²) in [5.74, 6) is -1.18. The topological polar surface area (TPSA) is 75.3 Å². The van der Waals surface area contributed by atoms with E-state index in [4.69, 9.17) is 10.8 Å². The van der Waals surface area contributed by atoms with Gasteiger partial charge in [0.1, 0.15) is 0 Å². The third-order valence-electron chi connectivity index (χ3n) is 2.23. The van der Waals surface area contributed by atoms with Crippen LogP contribution in [0.25, 0.3) is 0 Å². The first kappa shape index (κ1) is 14.1. The van der Waals surface area contributed by atoms with Gasteiger partial charge >= 0.3 is 12.1 Å². The predicted octanol–water partition coefficient (Wildman–Crippen LogP) is 2.72. The van der Waals surface area contributed by atoms with Gasteiger partial charge in [-0.1, -0.05) is 0 Å². The highest BCUT2D eigenvalue weighted by molar-refractivity contribution is 5.94. The van der Waals surface area contributed by atoms with Crippen molar-refractivity contribution >= 4 is 17.3 Å². The molecule has 0 aliphatic rings. The number of hydrogen-bond donors (Lipinski definition) is 3. The van der Waals surface area contributed by atoms with Crippen LogP contribution in [0.5, 0.6) is 0 Å². The van der Waals surface area contributed by atoms with Crippen molar-refractivity contribution in [1.82, 2.24) is 0 Å². The van der Waals surface area contributed by atoms with E-state index in [2.05, 4.69) is 5.32 Å². The maximum Gasteiger partial charge on any atom is 0.391 e. The zero-order valence-corrected chi connectivity index (χ0v) is 9.58. The van der Waals surface area contributed by atoms with E-state index >= 15 is 0 Å². The summed E-state index contributed by atoms with van der Waals surface area (Å²) in [5, 5.41) is 11.4. The van der Waals surface area contributed by atoms with Gasteiger partial charge < -0.3 is 16.2 Å². The molecule has 0 heterocycles. The summed E-state index contributed by atoms with van der Waals surface area (Å²) in [6.07, 6.45) is -5.23. The molecule has 0 radical (unpaired) electrons. The van der Waals surface area contributed by atoms with Gasteiger partial charge in [0.15, 0.2) is 0 Å². The highest BCUT2D eigenvalue weighted by Crippen LogP contribution is 2.24. The predicted molar refractivity (Wildman–Crippen MR) is 61.6 cm³/mol. The van der Waals surface area contributed by atoms with Crippen LogP contribution in [0.3, 0.4) is 0 Å². The van der Waals surface area contributed by atoms with E-state index in [-0.39, 0.29) is 11.3 Å². The molecule has 0 saturated heterocycles. The largest absolute Gasteiger partial charge is 0.478 e. The highest BCUT2D eigenvalue weighted by atomic mass is 19.4. The molecule has 18 heavy (non-hydrogen) atoms. The lowest BCUT2D eigenvalue weighted by molar-refractivity contribution is -0.136. The maximum atomic E-state index is 12.1. The summed E-state index contributed by atoms with van der Waals surface area (Å²) in [7, 11) is 0. The molecule has 0 spiro atoms. The minimum absolute atomic E-state index is 0.00621. The van der Waals surface area contributed by atoms with Gasteiger partial charge in [-0.2, -0.15) is 13.2 Å². The fourth-order valence-corrected chi connectivity index (χ4v) is 1.53. The highest BCUT2D eigenvalue weighted by Gasteiger charge is 2.29. The molecule has 1 rings (SSSR count). The molecule has 1 atom stereocenters. The van der Waals surface area contributed by atoms with Gasteiger partial charge in [-0.15, -0.1) is 0 Å². The van der Waals surface area contributed by atoms with Gasteiger partial charge in [0.05, 0.1) is 12.0 Å². The number of anilines is 2. The van der Waals surface area contributed by atoms with E-state index in [1.54, 1.807) is 0 Å². The number of hydrogen-bond acceptors (Lipinski definition) is 3. The molecule has 0 aromatic heterocycles. The number of carboxylic acids is 1. The molecule has 0 fully saturated rings. The van der Waals surface area contributed by atoms with Gasteiger partial charge in [-0.25, -0.2) is 4.79 Å². The standard InChI is InChI=1S/C11H13F3N2O2/c1-6(5-11(12,13)14)16-7-2-3-8(10(17)18)9(15)4-7/h2-4,6,16H,5,15H2,1H3,(H,17,18). The number of carbonyl (C=O) groups is 1. The van der Waals surface area contributed by atoms with Gasteiger partial charge in [0.2, 0.25) is 0 Å². The minimum Gasteiger partial charge on any atom is -0.478 e. The molecule has 0 aliphatic carbocycles. The van der Waals surface area contributed by atoms with E-state index in [0.717, 1.165) is 0 Å². The Morgan fingerprint density at radius 1 is 1.50 bits per heavy atom. The molecule has 4 nitrogen and oxygen atoms in total. The number of carboxylic acid groups (broad SMARTS) is 1. The number of nitrogen functional groups attached to an aromatic ring is 1. The first-order valence-corrected chi connectivity index (χ1v) is 5.15. The lowest BCUT2D eigenvalue weighted by Gasteiger charge is -2.17. The Kier molecular flexibility index (Phi) is 4.05. The molecular weight excluding hydrogens is 249 g/mol. The smallest absolute Gasteiger partial charge is 0.391 e. The van der Waals surface area contributed by atoms with Crippen molar-refractivity contribution in [2.45, 2.75) is 25.6 Å². The van der Waals surface area contributed by atoms with Crippen LogP contribution in [0, 0.1) is 0 Å². The molecule has 0 saturated carbocycles. The Morgan fingerprint density at radius 3 is 2.56 bits per heavy atom. The van der Waals surface area contributed by atoms with Crippen LogP contribution in [0.15, 0.2) is 18.2 Å². The van der Waals surface area contributed by atoms with Gasteiger partial charge in [0.25, 0.3) is 0 Å². The average molecular weight is 262 g/mol. The molecule has 4 N–H and O–H groups in total. The third-order valence-corrected chi connectivity index (χ3v) is 2.23. The van der Waals surface area contributed by atoms with Crippen molar-refractivity contribution in [3.8, 4) is 0 Å². The molecule has 0 bridgehead atoms. The van der Waals surface area contributed by atoms with Crippen molar-refractivity contribution < 1.29 is 23.1 Å². The van der Waals surface area contributed by atoms with Crippen molar-refractivity contribution in [2.24, 2.45) is 0 Å². The average Bonchev–Trinajstić information content (AvgIpc) is 2.13. The fraction of sp³-hybridized carbons (Fsp3) is 0.364. The van der Waals surface area contributed by atoms with Crippen molar-refractivity contribution in [2.75, 3.05) is 11.1 Å². The van der Waals surface area contributed by atoms with Crippen LogP contribution in [0.1, 0.15) is 23.7 Å². The van der Waals surface area contributed by atoms with E-state index in [9.17, 15) is 18.0 Å². The van der Waals surface area contributed by atoms with Crippen LogP contribution in [0.4, 0.5) is 24.5 Å². The quantitative estimate of drug-likeness (QED) is 0.729. The van der Waals surface area contributed by atoms with Crippen molar-refractivity contribution in [3.63, 3.8) is 0 Å². The molecule has 100 valence electrons. The molecule has 0 aliphatic heterocycles. The Labute approximate surface area is 102 Å². The maximum absolute atomic E-state index is 12.1. The molecular formula is C11H13F3N2O2. The van der Waals surface area contributed by atoms with E-state index in [1.165, 1.54) is 25.1 Å². The number of nitrogens with two attached hydrogens (primary N) is 1. The Balaban J connectivity index is 2.75. The number of nitrogens with one attached hydrogen (secondary N) is 1. The van der Waals surface area contributed by atoms with Crippen molar-refractivity contribution in [1.29, 1.82) is 0 Å². The van der Waals surface area contributed by atoms with Crippen molar-refractivity contribution in [3.05, 3.63) is 23.8 Å². The van der Waals surface area contributed by atoms with Crippen LogP contribution < -0.4 is 11.1 Å². The van der Waals surface area contributed by atoms with Gasteiger partial charge in [-0.05, 0) is 25.1 Å². The molecule has 1 aromatic carbocycles. The van der Waals surface area contributed by atoms with Crippen LogP contribution in [-0.2, 0) is 0 Å². The van der Waals surface area contributed by atoms with Crippen LogP contribution >= 0.6 is 0 Å². The number of halogens is 3. The Bertz CT molecular complexity index is 446. The first-order chi connectivity index (χ1) is 8.19. The molecule has 7 heteroatoms. The summed E-state index contributed by atoms with van der Waals surface area (Å²) in [4.78, 5) is 10.7. The summed E-state index contributed by atoms with van der Waals surface area (Å²) in [6, 6.07) is 3.11. The summed E-state index contributed by atoms with van der Waals surface area (Å²) in [6.45, 7) is 1.38. The zero-order valence-electron chi connectivity index (χ0n) is 9.58. The molecule has 1 aromatic rings. The fourth-order valence-electron chi connectivity index (χ4n) is 1.53. The Morgan fingerprint density at radius 2 is 2.11 bits per heavy atom. The summed E-state index contributed by atoms with van der Waals surface area (Å²) in [5.41, 5.74) is 5.76. The minimum atomic E-state index is -4.25. The third kappa shape index (κ3) is 4.15. The Hall–Kier alpha value is -1.92. The second-order valence-corrected chi connectivity index (χ2v) is 3.97. The van der Waals surface area contributed by atoms with Gasteiger partial charge in [0, 0.05) is 17.4 Å². The number of benzene rings is 1. The zero-order chi connectivity index (χ0) is 13.9. The van der Waals surface area contributed by atoms with E-state index in [0.29, 0.717) is 5.69 Å². The molecule has 0 amide bonds. The lowest BCUT2D eigenvalue weighted by Crippen LogP contribution is -2.23. The summed E-state index contributed by atoms with van der Waals surface area (Å²) < 4.78 is 36.3. The first-order valence-electron chi connectivity index (χ1n) is 5.15. The SMILES string of the molecule is CC(CC(F)(F)F)Nc1ccc(C(=O)O)c(N)c1. The van der Waals surface area contributed by atoms with E-state index < -0.39 is 24.6 Å². The monoisotopic (exact) mass is 262 g/mol. The van der Waals surface area contributed by atoms with E-state index in [1.807, 2.05) is 0 Å². The van der Waals surface area contributed by atoms with Gasteiger partial charge in [-0.3, -0.25) is 0 Å². The second-order valence-electron chi connectivity index (χ2n) is 3.97.